The van der Waals surface area contributed by atoms with E-state index in [1.165, 1.54) is 35.4 Å². The van der Waals surface area contributed by atoms with E-state index < -0.39 is 0 Å². The van der Waals surface area contributed by atoms with E-state index in [4.69, 9.17) is 0 Å². The molecular weight excluding hydrogens is 202 g/mol. The lowest BCUT2D eigenvalue weighted by atomic mass is 9.93. The monoisotopic (exact) mass is 221 g/mol. The van der Waals surface area contributed by atoms with Crippen LogP contribution >= 0.6 is 11.3 Å². The lowest BCUT2D eigenvalue weighted by Crippen LogP contribution is -2.18. The molecule has 0 spiro atoms. The molecule has 1 N–H and O–H groups in total. The van der Waals surface area contributed by atoms with Gasteiger partial charge in [0.25, 0.3) is 0 Å². The molecule has 82 valence electrons. The molecule has 0 saturated carbocycles. The molecule has 0 amide bonds. The summed E-state index contributed by atoms with van der Waals surface area (Å²) in [7, 11) is 2.06. The number of aryl methyl sites for hydroxylation is 1. The zero-order valence-electron chi connectivity index (χ0n) is 9.55. The second-order valence-electron chi connectivity index (χ2n) is 4.19. The Morgan fingerprint density at radius 1 is 1.33 bits per heavy atom. The molecule has 1 aromatic heterocycles. The zero-order valence-corrected chi connectivity index (χ0v) is 10.4. The van der Waals surface area contributed by atoms with Gasteiger partial charge in [0.05, 0.1) is 6.04 Å². The van der Waals surface area contributed by atoms with Crippen LogP contribution < -0.4 is 5.32 Å². The van der Waals surface area contributed by atoms with Crippen LogP contribution in [0.15, 0.2) is 23.8 Å². The Morgan fingerprint density at radius 3 is 2.73 bits per heavy atom. The number of rotatable bonds is 3. The summed E-state index contributed by atoms with van der Waals surface area (Å²) in [5.74, 6) is 0. The van der Waals surface area contributed by atoms with Crippen molar-refractivity contribution in [3.05, 3.63) is 33.5 Å². The minimum Gasteiger partial charge on any atom is -0.309 e. The Balaban J connectivity index is 2.19. The lowest BCUT2D eigenvalue weighted by Gasteiger charge is -2.21. The number of thiophene rings is 1. The SMILES string of the molecule is CNC(C1=CCCCC1)c1ccc(C)s1. The summed E-state index contributed by atoms with van der Waals surface area (Å²) >= 11 is 1.91. The molecule has 0 bridgehead atoms. The van der Waals surface area contributed by atoms with Gasteiger partial charge in [-0.25, -0.2) is 0 Å². The van der Waals surface area contributed by atoms with Crippen molar-refractivity contribution in [3.63, 3.8) is 0 Å². The molecule has 1 atom stereocenters. The van der Waals surface area contributed by atoms with Crippen molar-refractivity contribution in [2.75, 3.05) is 7.05 Å². The van der Waals surface area contributed by atoms with Gasteiger partial charge in [0.2, 0.25) is 0 Å². The van der Waals surface area contributed by atoms with Crippen LogP contribution in [0.3, 0.4) is 0 Å². The number of hydrogen-bond donors (Lipinski definition) is 1. The van der Waals surface area contributed by atoms with Crippen LogP contribution in [0.1, 0.15) is 41.5 Å². The molecule has 0 fully saturated rings. The topological polar surface area (TPSA) is 12.0 Å². The van der Waals surface area contributed by atoms with E-state index in [1.54, 1.807) is 5.57 Å². The summed E-state index contributed by atoms with van der Waals surface area (Å²) in [4.78, 5) is 2.87. The zero-order chi connectivity index (χ0) is 10.7. The van der Waals surface area contributed by atoms with E-state index in [-0.39, 0.29) is 0 Å². The van der Waals surface area contributed by atoms with Gasteiger partial charge in [0, 0.05) is 9.75 Å². The van der Waals surface area contributed by atoms with Crippen LogP contribution in [-0.4, -0.2) is 7.05 Å². The van der Waals surface area contributed by atoms with Crippen molar-refractivity contribution in [1.29, 1.82) is 0 Å². The second kappa shape index (κ2) is 4.95. The predicted octanol–water partition coefficient (Wildman–Crippen LogP) is 3.82. The molecule has 0 aromatic carbocycles. The summed E-state index contributed by atoms with van der Waals surface area (Å²) < 4.78 is 0. The first kappa shape index (κ1) is 10.9. The maximum Gasteiger partial charge on any atom is 0.0628 e. The van der Waals surface area contributed by atoms with E-state index in [1.807, 2.05) is 11.3 Å². The molecule has 15 heavy (non-hydrogen) atoms. The molecule has 1 aliphatic rings. The van der Waals surface area contributed by atoms with Gasteiger partial charge >= 0.3 is 0 Å². The molecule has 2 heteroatoms. The Kier molecular flexibility index (Phi) is 3.60. The fourth-order valence-electron chi connectivity index (χ4n) is 2.24. The molecule has 0 aliphatic heterocycles. The van der Waals surface area contributed by atoms with Crippen molar-refractivity contribution in [2.45, 2.75) is 38.6 Å². The fraction of sp³-hybridized carbons (Fsp3) is 0.538. The average molecular weight is 221 g/mol. The summed E-state index contributed by atoms with van der Waals surface area (Å²) in [5.41, 5.74) is 1.59. The molecule has 1 aromatic rings. The van der Waals surface area contributed by atoms with Crippen molar-refractivity contribution >= 4 is 11.3 Å². The predicted molar refractivity (Wildman–Crippen MR) is 67.4 cm³/mol. The Labute approximate surface area is 96.2 Å². The highest BCUT2D eigenvalue weighted by Crippen LogP contribution is 2.32. The van der Waals surface area contributed by atoms with E-state index in [9.17, 15) is 0 Å². The molecule has 0 radical (unpaired) electrons. The van der Waals surface area contributed by atoms with Gasteiger partial charge in [-0.05, 0) is 51.8 Å². The number of likely N-dealkylation sites (N-methyl/N-ethyl adjacent to an activating group) is 1. The average Bonchev–Trinajstić information content (AvgIpc) is 2.68. The second-order valence-corrected chi connectivity index (χ2v) is 5.51. The van der Waals surface area contributed by atoms with Gasteiger partial charge in [0.15, 0.2) is 0 Å². The van der Waals surface area contributed by atoms with Crippen LogP contribution in [0.2, 0.25) is 0 Å². The van der Waals surface area contributed by atoms with E-state index in [2.05, 4.69) is 37.5 Å². The molecular formula is C13H19NS. The highest BCUT2D eigenvalue weighted by molar-refractivity contribution is 7.12. The van der Waals surface area contributed by atoms with Gasteiger partial charge in [-0.1, -0.05) is 11.6 Å². The number of hydrogen-bond acceptors (Lipinski definition) is 2. The van der Waals surface area contributed by atoms with Crippen molar-refractivity contribution in [2.24, 2.45) is 0 Å². The highest BCUT2D eigenvalue weighted by Gasteiger charge is 2.17. The summed E-state index contributed by atoms with van der Waals surface area (Å²) in [6, 6.07) is 4.94. The summed E-state index contributed by atoms with van der Waals surface area (Å²) in [5, 5.41) is 3.44. The standard InChI is InChI=1S/C13H19NS/c1-10-8-9-12(15-10)13(14-2)11-6-4-3-5-7-11/h6,8-9,13-14H,3-5,7H2,1-2H3. The molecule has 1 aliphatic carbocycles. The van der Waals surface area contributed by atoms with Crippen molar-refractivity contribution < 1.29 is 0 Å². The smallest absolute Gasteiger partial charge is 0.0628 e. The quantitative estimate of drug-likeness (QED) is 0.765. The highest BCUT2D eigenvalue weighted by atomic mass is 32.1. The first-order valence-corrected chi connectivity index (χ1v) is 6.55. The molecule has 1 nitrogen and oxygen atoms in total. The van der Waals surface area contributed by atoms with Crippen LogP contribution in [0.5, 0.6) is 0 Å². The van der Waals surface area contributed by atoms with E-state index in [0.29, 0.717) is 6.04 Å². The van der Waals surface area contributed by atoms with Crippen LogP contribution in [0, 0.1) is 6.92 Å². The van der Waals surface area contributed by atoms with Gasteiger partial charge in [-0.2, -0.15) is 0 Å². The van der Waals surface area contributed by atoms with Gasteiger partial charge < -0.3 is 5.32 Å². The van der Waals surface area contributed by atoms with Crippen LogP contribution in [0.25, 0.3) is 0 Å². The van der Waals surface area contributed by atoms with Crippen molar-refractivity contribution in [1.82, 2.24) is 5.32 Å². The largest absolute Gasteiger partial charge is 0.309 e. The Morgan fingerprint density at radius 2 is 2.20 bits per heavy atom. The number of nitrogens with one attached hydrogen (secondary N) is 1. The minimum atomic E-state index is 0.462. The molecule has 2 rings (SSSR count). The third-order valence-electron chi connectivity index (χ3n) is 3.03. The van der Waals surface area contributed by atoms with Crippen LogP contribution in [-0.2, 0) is 0 Å². The van der Waals surface area contributed by atoms with Gasteiger partial charge in [-0.15, -0.1) is 11.3 Å². The molecule has 1 heterocycles. The Bertz CT molecular complexity index is 351. The Hall–Kier alpha value is -0.600. The maximum atomic E-state index is 3.44. The van der Waals surface area contributed by atoms with Crippen LogP contribution in [0.4, 0.5) is 0 Å². The summed E-state index contributed by atoms with van der Waals surface area (Å²) in [6.07, 6.45) is 7.68. The normalized spacial score (nSPS) is 18.7. The maximum absolute atomic E-state index is 3.44. The molecule has 0 saturated heterocycles. The fourth-order valence-corrected chi connectivity index (χ4v) is 3.28. The summed E-state index contributed by atoms with van der Waals surface area (Å²) in [6.45, 7) is 2.18. The third kappa shape index (κ3) is 2.50. The van der Waals surface area contributed by atoms with E-state index >= 15 is 0 Å². The first-order chi connectivity index (χ1) is 7.31. The van der Waals surface area contributed by atoms with Crippen molar-refractivity contribution in [3.8, 4) is 0 Å². The first-order valence-electron chi connectivity index (χ1n) is 5.74. The minimum absolute atomic E-state index is 0.462. The number of allylic oxidation sites excluding steroid dienone is 1. The molecule has 1 unspecified atom stereocenters. The lowest BCUT2D eigenvalue weighted by molar-refractivity contribution is 0.599. The van der Waals surface area contributed by atoms with Gasteiger partial charge in [-0.3, -0.25) is 0 Å². The third-order valence-corrected chi connectivity index (χ3v) is 4.10. The van der Waals surface area contributed by atoms with Gasteiger partial charge in [0.1, 0.15) is 0 Å². The van der Waals surface area contributed by atoms with E-state index in [0.717, 1.165) is 0 Å².